The number of hydrogen-bond donors (Lipinski definition) is 0. The normalized spacial score (nSPS) is 15.8. The van der Waals surface area contributed by atoms with E-state index in [2.05, 4.69) is 21.9 Å². The van der Waals surface area contributed by atoms with Crippen molar-refractivity contribution in [3.63, 3.8) is 0 Å². The van der Waals surface area contributed by atoms with Crippen LogP contribution in [0.25, 0.3) is 0 Å². The average Bonchev–Trinajstić information content (AvgIpc) is 2.95. The van der Waals surface area contributed by atoms with E-state index in [1.165, 1.54) is 11.3 Å². The van der Waals surface area contributed by atoms with E-state index in [4.69, 9.17) is 0 Å². The number of aromatic nitrogens is 2. The molecule has 6 heteroatoms. The molecule has 0 unspecified atom stereocenters. The lowest BCUT2D eigenvalue weighted by atomic mass is 10.2. The molecule has 0 spiro atoms. The zero-order chi connectivity index (χ0) is 16.2. The number of hydrogen-bond acceptors (Lipinski definition) is 5. The Labute approximate surface area is 141 Å². The number of amides is 1. The van der Waals surface area contributed by atoms with Crippen LogP contribution in [0.2, 0.25) is 0 Å². The molecule has 2 aromatic rings. The van der Waals surface area contributed by atoms with Crippen molar-refractivity contribution in [1.29, 1.82) is 0 Å². The standard InChI is InChI=1S/C17H22N4OS/c1-13-16(17(22)21-11-9-20(2)10-12-21)23-15(19-13)7-6-14-5-3-4-8-18-14/h3-5,8H,6-7,9-12H2,1-2H3. The van der Waals surface area contributed by atoms with Gasteiger partial charge in [-0.3, -0.25) is 9.78 Å². The number of likely N-dealkylation sites (N-methyl/N-ethyl adjacent to an activating group) is 1. The van der Waals surface area contributed by atoms with Gasteiger partial charge in [-0.1, -0.05) is 6.07 Å². The zero-order valence-corrected chi connectivity index (χ0v) is 14.5. The van der Waals surface area contributed by atoms with Crippen LogP contribution in [0.1, 0.15) is 26.1 Å². The Hall–Kier alpha value is -1.79. The summed E-state index contributed by atoms with van der Waals surface area (Å²) in [6.45, 7) is 5.42. The summed E-state index contributed by atoms with van der Waals surface area (Å²) in [5.41, 5.74) is 1.92. The second-order valence-electron chi connectivity index (χ2n) is 5.94. The number of rotatable bonds is 4. The minimum atomic E-state index is 0.136. The quantitative estimate of drug-likeness (QED) is 0.860. The number of nitrogens with zero attached hydrogens (tertiary/aromatic N) is 4. The summed E-state index contributed by atoms with van der Waals surface area (Å²) in [5, 5.41) is 1.02. The molecule has 2 aromatic heterocycles. The molecule has 1 amide bonds. The van der Waals surface area contributed by atoms with Gasteiger partial charge in [-0.25, -0.2) is 4.98 Å². The van der Waals surface area contributed by atoms with Crippen molar-refractivity contribution in [3.05, 3.63) is 45.7 Å². The van der Waals surface area contributed by atoms with Gasteiger partial charge >= 0.3 is 0 Å². The lowest BCUT2D eigenvalue weighted by Crippen LogP contribution is -2.47. The fourth-order valence-corrected chi connectivity index (χ4v) is 3.72. The molecule has 0 aromatic carbocycles. The summed E-state index contributed by atoms with van der Waals surface area (Å²) in [6.07, 6.45) is 3.50. The molecule has 0 radical (unpaired) electrons. The molecule has 0 atom stereocenters. The highest BCUT2D eigenvalue weighted by molar-refractivity contribution is 7.13. The fourth-order valence-electron chi connectivity index (χ4n) is 2.69. The first-order valence-corrected chi connectivity index (χ1v) is 8.79. The number of thiazole rings is 1. The van der Waals surface area contributed by atoms with Crippen molar-refractivity contribution in [1.82, 2.24) is 19.8 Å². The Morgan fingerprint density at radius 2 is 2.00 bits per heavy atom. The fraction of sp³-hybridized carbons (Fsp3) is 0.471. The van der Waals surface area contributed by atoms with Gasteiger partial charge in [0.2, 0.25) is 0 Å². The van der Waals surface area contributed by atoms with Crippen LogP contribution in [-0.4, -0.2) is 58.9 Å². The number of pyridine rings is 1. The Morgan fingerprint density at radius 3 is 2.70 bits per heavy atom. The molecule has 122 valence electrons. The molecule has 5 nitrogen and oxygen atoms in total. The summed E-state index contributed by atoms with van der Waals surface area (Å²) >= 11 is 1.54. The molecular formula is C17H22N4OS. The van der Waals surface area contributed by atoms with Crippen molar-refractivity contribution in [2.75, 3.05) is 33.2 Å². The molecule has 0 saturated carbocycles. The molecule has 1 aliphatic heterocycles. The number of carbonyl (C=O) groups is 1. The van der Waals surface area contributed by atoms with Crippen molar-refractivity contribution in [2.24, 2.45) is 0 Å². The summed E-state index contributed by atoms with van der Waals surface area (Å²) < 4.78 is 0. The van der Waals surface area contributed by atoms with E-state index in [-0.39, 0.29) is 5.91 Å². The van der Waals surface area contributed by atoms with E-state index in [9.17, 15) is 4.79 Å². The lowest BCUT2D eigenvalue weighted by Gasteiger charge is -2.32. The molecular weight excluding hydrogens is 308 g/mol. The monoisotopic (exact) mass is 330 g/mol. The van der Waals surface area contributed by atoms with Gasteiger partial charge in [0.05, 0.1) is 10.7 Å². The summed E-state index contributed by atoms with van der Waals surface area (Å²) in [5.74, 6) is 0.136. The first-order valence-electron chi connectivity index (χ1n) is 7.97. The van der Waals surface area contributed by atoms with Gasteiger partial charge in [-0.15, -0.1) is 11.3 Å². The molecule has 3 rings (SSSR count). The minimum absolute atomic E-state index is 0.136. The third-order valence-electron chi connectivity index (χ3n) is 4.15. The van der Waals surface area contributed by atoms with E-state index in [1.807, 2.05) is 36.2 Å². The highest BCUT2D eigenvalue weighted by Crippen LogP contribution is 2.22. The zero-order valence-electron chi connectivity index (χ0n) is 13.7. The van der Waals surface area contributed by atoms with Crippen LogP contribution in [0.3, 0.4) is 0 Å². The van der Waals surface area contributed by atoms with Crippen LogP contribution < -0.4 is 0 Å². The van der Waals surface area contributed by atoms with E-state index in [0.717, 1.165) is 60.3 Å². The van der Waals surface area contributed by atoms with Crippen LogP contribution in [0.15, 0.2) is 24.4 Å². The Kier molecular flexibility index (Phi) is 5.03. The van der Waals surface area contributed by atoms with Crippen LogP contribution in [-0.2, 0) is 12.8 Å². The molecule has 1 fully saturated rings. The van der Waals surface area contributed by atoms with E-state index in [1.54, 1.807) is 0 Å². The maximum atomic E-state index is 12.7. The average molecular weight is 330 g/mol. The predicted octanol–water partition coefficient (Wildman–Crippen LogP) is 2.02. The maximum absolute atomic E-state index is 12.7. The maximum Gasteiger partial charge on any atom is 0.265 e. The first-order chi connectivity index (χ1) is 11.1. The first kappa shape index (κ1) is 16.1. The number of piperazine rings is 1. The summed E-state index contributed by atoms with van der Waals surface area (Å²) in [4.78, 5) is 26.6. The topological polar surface area (TPSA) is 49.3 Å². The van der Waals surface area contributed by atoms with Crippen LogP contribution >= 0.6 is 11.3 Å². The smallest absolute Gasteiger partial charge is 0.265 e. The second-order valence-corrected chi connectivity index (χ2v) is 7.02. The van der Waals surface area contributed by atoms with Crippen LogP contribution in [0.4, 0.5) is 0 Å². The molecule has 1 saturated heterocycles. The largest absolute Gasteiger partial charge is 0.335 e. The van der Waals surface area contributed by atoms with Crippen molar-refractivity contribution < 1.29 is 4.79 Å². The summed E-state index contributed by atoms with van der Waals surface area (Å²) in [7, 11) is 2.09. The van der Waals surface area contributed by atoms with E-state index in [0.29, 0.717) is 0 Å². The van der Waals surface area contributed by atoms with Crippen molar-refractivity contribution in [2.45, 2.75) is 19.8 Å². The van der Waals surface area contributed by atoms with Gasteiger partial charge in [0.15, 0.2) is 0 Å². The second kappa shape index (κ2) is 7.19. The van der Waals surface area contributed by atoms with Gasteiger partial charge in [0.25, 0.3) is 5.91 Å². The van der Waals surface area contributed by atoms with Gasteiger partial charge in [0, 0.05) is 44.5 Å². The van der Waals surface area contributed by atoms with Gasteiger partial charge < -0.3 is 9.80 Å². The number of aryl methyl sites for hydroxylation is 3. The Balaban J connectivity index is 1.64. The van der Waals surface area contributed by atoms with E-state index >= 15 is 0 Å². The molecule has 0 aliphatic carbocycles. The third kappa shape index (κ3) is 3.95. The van der Waals surface area contributed by atoms with Gasteiger partial charge in [-0.05, 0) is 32.5 Å². The SMILES string of the molecule is Cc1nc(CCc2ccccn2)sc1C(=O)N1CCN(C)CC1. The molecule has 3 heterocycles. The third-order valence-corrected chi connectivity index (χ3v) is 5.35. The number of carbonyl (C=O) groups excluding carboxylic acids is 1. The minimum Gasteiger partial charge on any atom is -0.335 e. The highest BCUT2D eigenvalue weighted by atomic mass is 32.1. The van der Waals surface area contributed by atoms with Crippen molar-refractivity contribution >= 4 is 17.2 Å². The molecule has 1 aliphatic rings. The molecule has 23 heavy (non-hydrogen) atoms. The van der Waals surface area contributed by atoms with Gasteiger partial charge in [-0.2, -0.15) is 0 Å². The van der Waals surface area contributed by atoms with Crippen LogP contribution in [0, 0.1) is 6.92 Å². The van der Waals surface area contributed by atoms with Gasteiger partial charge in [0.1, 0.15) is 4.88 Å². The lowest BCUT2D eigenvalue weighted by molar-refractivity contribution is 0.0668. The predicted molar refractivity (Wildman–Crippen MR) is 91.9 cm³/mol. The Bertz CT molecular complexity index is 662. The Morgan fingerprint density at radius 1 is 1.22 bits per heavy atom. The van der Waals surface area contributed by atoms with Crippen molar-refractivity contribution in [3.8, 4) is 0 Å². The summed E-state index contributed by atoms with van der Waals surface area (Å²) in [6, 6.07) is 5.94. The molecule has 0 N–H and O–H groups in total. The van der Waals surface area contributed by atoms with Crippen LogP contribution in [0.5, 0.6) is 0 Å². The highest BCUT2D eigenvalue weighted by Gasteiger charge is 2.24. The molecule has 0 bridgehead atoms. The van der Waals surface area contributed by atoms with E-state index < -0.39 is 0 Å².